The fraction of sp³-hybridized carbons (Fsp3) is 0.387. The number of aliphatic hydroxyl groups excluding tert-OH is 1. The molecule has 0 bridgehead atoms. The molecule has 42 heavy (non-hydrogen) atoms. The largest absolute Gasteiger partial charge is 0.451 e. The van der Waals surface area contributed by atoms with Crippen molar-refractivity contribution in [3.63, 3.8) is 0 Å². The molecule has 0 unspecified atom stereocenters. The number of hydrogen-bond acceptors (Lipinski definition) is 10. The number of imide groups is 1. The van der Waals surface area contributed by atoms with Crippen molar-refractivity contribution in [2.75, 3.05) is 33.5 Å². The minimum atomic E-state index is -1.80. The third-order valence-electron chi connectivity index (χ3n) is 6.48. The Morgan fingerprint density at radius 1 is 1.07 bits per heavy atom. The second-order valence-electron chi connectivity index (χ2n) is 9.59. The number of carbonyl (C=O) groups excluding carboxylic acids is 5. The number of aryl methyl sites for hydroxylation is 1. The smallest absolute Gasteiger partial charge is 0.417 e. The fourth-order valence-electron chi connectivity index (χ4n) is 4.52. The summed E-state index contributed by atoms with van der Waals surface area (Å²) in [5, 5.41) is 8.87. The van der Waals surface area contributed by atoms with E-state index in [-0.39, 0.29) is 44.2 Å². The van der Waals surface area contributed by atoms with Crippen LogP contribution < -0.4 is 0 Å². The van der Waals surface area contributed by atoms with Gasteiger partial charge in [0.05, 0.1) is 13.2 Å². The van der Waals surface area contributed by atoms with E-state index in [2.05, 4.69) is 0 Å². The molecule has 1 aliphatic heterocycles. The second-order valence-corrected chi connectivity index (χ2v) is 9.59. The number of aliphatic hydroxyl groups is 1. The summed E-state index contributed by atoms with van der Waals surface area (Å²) in [6.45, 7) is 3.01. The SMILES string of the molecule is CO[C@H](C(=O)N1C(=O)OC[C@@H]1c1ccccc1)[C@H](OC(C)=O)C(=O)C=C(C(=O)CCCOCCO)c1cccc(C)c1. The number of Topliss-reactive ketones (excluding diaryl/α,β-unsaturated/α-hetero) is 1. The number of carbonyl (C=O) groups is 5. The lowest BCUT2D eigenvalue weighted by Gasteiger charge is -2.28. The van der Waals surface area contributed by atoms with E-state index in [9.17, 15) is 24.0 Å². The number of esters is 1. The molecule has 1 heterocycles. The van der Waals surface area contributed by atoms with Gasteiger partial charge in [-0.3, -0.25) is 19.2 Å². The number of ether oxygens (including phenoxy) is 4. The molecule has 1 N–H and O–H groups in total. The van der Waals surface area contributed by atoms with Crippen LogP contribution in [-0.2, 0) is 38.1 Å². The van der Waals surface area contributed by atoms with Crippen LogP contribution in [0.1, 0.15) is 42.5 Å². The normalized spacial score (nSPS) is 16.5. The van der Waals surface area contributed by atoms with Gasteiger partial charge in [0.2, 0.25) is 0 Å². The Labute approximate surface area is 244 Å². The van der Waals surface area contributed by atoms with Gasteiger partial charge in [-0.05, 0) is 30.5 Å². The average Bonchev–Trinajstić information content (AvgIpc) is 3.36. The summed E-state index contributed by atoms with van der Waals surface area (Å²) in [4.78, 5) is 66.2. The number of nitrogens with zero attached hydrogens (tertiary/aromatic N) is 1. The Morgan fingerprint density at radius 3 is 2.45 bits per heavy atom. The maximum atomic E-state index is 13.7. The first-order valence-electron chi connectivity index (χ1n) is 13.5. The maximum absolute atomic E-state index is 13.7. The Bertz CT molecular complexity index is 1310. The molecule has 0 aliphatic carbocycles. The first kappa shape index (κ1) is 32.3. The minimum Gasteiger partial charge on any atom is -0.451 e. The molecule has 2 amide bonds. The number of rotatable bonds is 15. The summed E-state index contributed by atoms with van der Waals surface area (Å²) in [7, 11) is 1.15. The lowest BCUT2D eigenvalue weighted by molar-refractivity contribution is -0.166. The van der Waals surface area contributed by atoms with Gasteiger partial charge in [-0.25, -0.2) is 9.69 Å². The number of allylic oxidation sites excluding steroid dienone is 1. The first-order valence-corrected chi connectivity index (χ1v) is 13.5. The highest BCUT2D eigenvalue weighted by atomic mass is 16.6. The van der Waals surface area contributed by atoms with E-state index in [0.717, 1.165) is 30.6 Å². The average molecular weight is 582 g/mol. The van der Waals surface area contributed by atoms with Crippen molar-refractivity contribution in [3.05, 3.63) is 77.4 Å². The van der Waals surface area contributed by atoms with E-state index in [1.165, 1.54) is 0 Å². The standard InChI is InChI=1S/C31H35NO10/c1-20-9-7-12-23(17-20)24(26(35)13-8-15-40-16-14-33)18-27(36)28(42-21(2)34)29(39-3)30(37)32-25(19-41-31(32)38)22-10-5-4-6-11-22/h4-7,9-12,17-18,25,28-29,33H,8,13-16,19H2,1-3H3/t25-,28-,29+/m1/s1. The molecule has 224 valence electrons. The number of benzene rings is 2. The van der Waals surface area contributed by atoms with E-state index in [1.807, 2.05) is 13.0 Å². The van der Waals surface area contributed by atoms with Crippen molar-refractivity contribution in [2.45, 2.75) is 44.9 Å². The molecule has 0 spiro atoms. The van der Waals surface area contributed by atoms with Gasteiger partial charge in [0.1, 0.15) is 12.6 Å². The lowest BCUT2D eigenvalue weighted by atomic mass is 9.94. The molecule has 2 aromatic rings. The second kappa shape index (κ2) is 15.7. The summed E-state index contributed by atoms with van der Waals surface area (Å²) in [5.41, 5.74) is 1.97. The van der Waals surface area contributed by atoms with E-state index >= 15 is 0 Å². The van der Waals surface area contributed by atoms with Gasteiger partial charge in [-0.2, -0.15) is 0 Å². The molecule has 3 rings (SSSR count). The Kier molecular flexibility index (Phi) is 12.1. The number of hydrogen-bond donors (Lipinski definition) is 1. The fourth-order valence-corrected chi connectivity index (χ4v) is 4.52. The molecule has 0 aromatic heterocycles. The zero-order chi connectivity index (χ0) is 30.6. The molecular formula is C31H35NO10. The van der Waals surface area contributed by atoms with Gasteiger partial charge in [0.25, 0.3) is 5.91 Å². The third-order valence-corrected chi connectivity index (χ3v) is 6.48. The molecule has 0 saturated carbocycles. The van der Waals surface area contributed by atoms with Crippen molar-refractivity contribution >= 4 is 35.1 Å². The van der Waals surface area contributed by atoms with Crippen LogP contribution >= 0.6 is 0 Å². The van der Waals surface area contributed by atoms with Gasteiger partial charge in [-0.1, -0.05) is 60.2 Å². The van der Waals surface area contributed by atoms with Crippen LogP contribution in [0.25, 0.3) is 5.57 Å². The van der Waals surface area contributed by atoms with Gasteiger partial charge < -0.3 is 24.1 Å². The highest BCUT2D eigenvalue weighted by Crippen LogP contribution is 2.30. The van der Waals surface area contributed by atoms with Crippen LogP contribution in [0.15, 0.2) is 60.7 Å². The highest BCUT2D eigenvalue weighted by Gasteiger charge is 2.46. The van der Waals surface area contributed by atoms with Crippen molar-refractivity contribution in [1.82, 2.24) is 4.90 Å². The molecule has 3 atom stereocenters. The first-order chi connectivity index (χ1) is 20.2. The van der Waals surface area contributed by atoms with Crippen LogP contribution in [0.3, 0.4) is 0 Å². The number of amides is 2. The number of ketones is 2. The zero-order valence-corrected chi connectivity index (χ0v) is 23.8. The zero-order valence-electron chi connectivity index (χ0n) is 23.8. The predicted molar refractivity (Wildman–Crippen MR) is 150 cm³/mol. The number of cyclic esters (lactones) is 1. The van der Waals surface area contributed by atoms with E-state index < -0.39 is 42.0 Å². The Morgan fingerprint density at radius 2 is 1.81 bits per heavy atom. The third kappa shape index (κ3) is 8.41. The summed E-state index contributed by atoms with van der Waals surface area (Å²) in [6.07, 6.45) is -3.04. The van der Waals surface area contributed by atoms with Crippen LogP contribution in [-0.4, -0.2) is 85.3 Å². The minimum absolute atomic E-state index is 0.0295. The summed E-state index contributed by atoms with van der Waals surface area (Å²) in [6, 6.07) is 14.9. The number of methoxy groups -OCH3 is 1. The molecule has 1 aliphatic rings. The Hall–Kier alpha value is -4.19. The van der Waals surface area contributed by atoms with Gasteiger partial charge >= 0.3 is 12.1 Å². The van der Waals surface area contributed by atoms with Gasteiger partial charge in [-0.15, -0.1) is 0 Å². The van der Waals surface area contributed by atoms with Gasteiger partial charge in [0.15, 0.2) is 23.8 Å². The quantitative estimate of drug-likeness (QED) is 0.189. The molecule has 1 fully saturated rings. The monoisotopic (exact) mass is 581 g/mol. The highest BCUT2D eigenvalue weighted by molar-refractivity contribution is 6.25. The summed E-state index contributed by atoms with van der Waals surface area (Å²) in [5.74, 6) is -3.07. The van der Waals surface area contributed by atoms with Crippen LogP contribution in [0.2, 0.25) is 0 Å². The lowest BCUT2D eigenvalue weighted by Crippen LogP contribution is -2.51. The van der Waals surface area contributed by atoms with Gasteiger partial charge in [0, 0.05) is 32.6 Å². The van der Waals surface area contributed by atoms with Crippen molar-refractivity contribution in [2.24, 2.45) is 0 Å². The predicted octanol–water partition coefficient (Wildman–Crippen LogP) is 2.97. The Balaban J connectivity index is 1.95. The van der Waals surface area contributed by atoms with Crippen molar-refractivity contribution in [1.29, 1.82) is 0 Å². The van der Waals surface area contributed by atoms with Crippen molar-refractivity contribution < 1.29 is 48.0 Å². The molecule has 1 saturated heterocycles. The van der Waals surface area contributed by atoms with Crippen LogP contribution in [0, 0.1) is 6.92 Å². The molecular weight excluding hydrogens is 546 g/mol. The molecule has 2 aromatic carbocycles. The maximum Gasteiger partial charge on any atom is 0.417 e. The van der Waals surface area contributed by atoms with Crippen LogP contribution in [0.5, 0.6) is 0 Å². The summed E-state index contributed by atoms with van der Waals surface area (Å²) < 4.78 is 21.0. The topological polar surface area (TPSA) is 146 Å². The van der Waals surface area contributed by atoms with E-state index in [4.69, 9.17) is 24.1 Å². The molecule has 11 nitrogen and oxygen atoms in total. The van der Waals surface area contributed by atoms with Crippen LogP contribution in [0.4, 0.5) is 4.79 Å². The molecule has 0 radical (unpaired) electrons. The molecule has 11 heteroatoms. The van der Waals surface area contributed by atoms with E-state index in [1.54, 1.807) is 48.5 Å². The summed E-state index contributed by atoms with van der Waals surface area (Å²) >= 11 is 0. The van der Waals surface area contributed by atoms with E-state index in [0.29, 0.717) is 17.5 Å². The van der Waals surface area contributed by atoms with Crippen molar-refractivity contribution in [3.8, 4) is 0 Å².